The van der Waals surface area contributed by atoms with Gasteiger partial charge in [-0.25, -0.2) is 0 Å². The van der Waals surface area contributed by atoms with Gasteiger partial charge in [-0.15, -0.1) is 0 Å². The van der Waals surface area contributed by atoms with Crippen LogP contribution in [0.1, 0.15) is 51.0 Å². The van der Waals surface area contributed by atoms with Gasteiger partial charge in [0, 0.05) is 18.1 Å². The molecule has 2 heteroatoms. The highest BCUT2D eigenvalue weighted by molar-refractivity contribution is 5.19. The van der Waals surface area contributed by atoms with Gasteiger partial charge in [0.25, 0.3) is 0 Å². The summed E-state index contributed by atoms with van der Waals surface area (Å²) in [5.41, 5.74) is 7.93. The summed E-state index contributed by atoms with van der Waals surface area (Å²) in [4.78, 5) is 2.82. The Morgan fingerprint density at radius 3 is 2.62 bits per heavy atom. The monoisotopic (exact) mass is 286 g/mol. The van der Waals surface area contributed by atoms with E-state index in [1.165, 1.54) is 44.2 Å². The maximum absolute atomic E-state index is 6.34. The van der Waals surface area contributed by atoms with Gasteiger partial charge in [0.05, 0.1) is 0 Å². The fraction of sp³-hybridized carbons (Fsp3) is 0.684. The average Bonchev–Trinajstić information content (AvgIpc) is 3.02. The molecule has 3 unspecified atom stereocenters. The Labute approximate surface area is 129 Å². The van der Waals surface area contributed by atoms with E-state index in [1.54, 1.807) is 0 Å². The van der Waals surface area contributed by atoms with Crippen LogP contribution >= 0.6 is 0 Å². The lowest BCUT2D eigenvalue weighted by Crippen LogP contribution is -2.61. The first kappa shape index (κ1) is 15.1. The predicted molar refractivity (Wildman–Crippen MR) is 89.3 cm³/mol. The summed E-state index contributed by atoms with van der Waals surface area (Å²) >= 11 is 0. The number of fused-ring (bicyclic) bond motifs is 1. The highest BCUT2D eigenvalue weighted by Gasteiger charge is 2.44. The van der Waals surface area contributed by atoms with Crippen molar-refractivity contribution in [3.63, 3.8) is 0 Å². The number of nitrogens with zero attached hydrogens (tertiary/aromatic N) is 1. The van der Waals surface area contributed by atoms with Crippen LogP contribution in [0.4, 0.5) is 0 Å². The Balaban J connectivity index is 1.85. The van der Waals surface area contributed by atoms with Crippen LogP contribution in [-0.4, -0.2) is 29.6 Å². The second-order valence-electron chi connectivity index (χ2n) is 7.04. The minimum Gasteiger partial charge on any atom is -0.329 e. The molecule has 116 valence electrons. The third kappa shape index (κ3) is 2.89. The molecule has 0 radical (unpaired) electrons. The fourth-order valence-electron chi connectivity index (χ4n) is 4.78. The number of likely N-dealkylation sites (tertiary alicyclic amines) is 1. The normalized spacial score (nSPS) is 29.0. The van der Waals surface area contributed by atoms with Gasteiger partial charge in [0.1, 0.15) is 0 Å². The number of benzene rings is 1. The highest BCUT2D eigenvalue weighted by Crippen LogP contribution is 2.41. The summed E-state index contributed by atoms with van der Waals surface area (Å²) in [7, 11) is 0. The summed E-state index contributed by atoms with van der Waals surface area (Å²) in [6.45, 7) is 4.36. The van der Waals surface area contributed by atoms with E-state index in [-0.39, 0.29) is 5.54 Å². The van der Waals surface area contributed by atoms with E-state index in [9.17, 15) is 0 Å². The van der Waals surface area contributed by atoms with Crippen molar-refractivity contribution >= 4 is 0 Å². The van der Waals surface area contributed by atoms with E-state index in [0.717, 1.165) is 31.3 Å². The summed E-state index contributed by atoms with van der Waals surface area (Å²) in [6.07, 6.45) is 9.31. The SMILES string of the molecule is CCC(CN)(Cc1ccccc1)N1CCCC2CCCC21. The van der Waals surface area contributed by atoms with Crippen molar-refractivity contribution in [1.29, 1.82) is 0 Å². The van der Waals surface area contributed by atoms with Crippen molar-refractivity contribution in [2.75, 3.05) is 13.1 Å². The minimum absolute atomic E-state index is 0.162. The van der Waals surface area contributed by atoms with E-state index < -0.39 is 0 Å². The van der Waals surface area contributed by atoms with Gasteiger partial charge < -0.3 is 5.73 Å². The van der Waals surface area contributed by atoms with Crippen molar-refractivity contribution in [3.05, 3.63) is 35.9 Å². The molecule has 1 aromatic carbocycles. The maximum Gasteiger partial charge on any atom is 0.0372 e. The van der Waals surface area contributed by atoms with Gasteiger partial charge in [-0.1, -0.05) is 43.7 Å². The molecule has 1 aliphatic heterocycles. The Bertz CT molecular complexity index is 438. The molecule has 0 spiro atoms. The summed E-state index contributed by atoms with van der Waals surface area (Å²) in [6, 6.07) is 11.7. The lowest BCUT2D eigenvalue weighted by Gasteiger charge is -2.50. The quantitative estimate of drug-likeness (QED) is 0.896. The zero-order valence-corrected chi connectivity index (χ0v) is 13.4. The van der Waals surface area contributed by atoms with Gasteiger partial charge in [-0.2, -0.15) is 0 Å². The third-order valence-electron chi connectivity index (χ3n) is 6.02. The standard InChI is InChI=1S/C19H30N2/c1-2-19(15-20,14-16-8-4-3-5-9-16)21-13-7-11-17-10-6-12-18(17)21/h3-5,8-9,17-18H,2,6-7,10-15,20H2,1H3. The van der Waals surface area contributed by atoms with Crippen molar-refractivity contribution in [3.8, 4) is 0 Å². The molecule has 1 aromatic rings. The molecular formula is C19H30N2. The molecule has 1 saturated carbocycles. The maximum atomic E-state index is 6.34. The first-order valence-corrected chi connectivity index (χ1v) is 8.80. The van der Waals surface area contributed by atoms with Gasteiger partial charge in [-0.3, -0.25) is 4.90 Å². The molecule has 3 atom stereocenters. The van der Waals surface area contributed by atoms with Gasteiger partial charge in [0.2, 0.25) is 0 Å². The Hall–Kier alpha value is -0.860. The van der Waals surface area contributed by atoms with E-state index in [2.05, 4.69) is 42.2 Å². The van der Waals surface area contributed by atoms with Crippen LogP contribution < -0.4 is 5.73 Å². The molecular weight excluding hydrogens is 256 g/mol. The van der Waals surface area contributed by atoms with Crippen LogP contribution in [0.5, 0.6) is 0 Å². The summed E-state index contributed by atoms with van der Waals surface area (Å²) in [5.74, 6) is 0.937. The van der Waals surface area contributed by atoms with Crippen LogP contribution in [0.25, 0.3) is 0 Å². The van der Waals surface area contributed by atoms with E-state index in [0.29, 0.717) is 0 Å². The minimum atomic E-state index is 0.162. The average molecular weight is 286 g/mol. The van der Waals surface area contributed by atoms with E-state index in [4.69, 9.17) is 5.73 Å². The second kappa shape index (κ2) is 6.50. The van der Waals surface area contributed by atoms with Crippen LogP contribution in [-0.2, 0) is 6.42 Å². The smallest absolute Gasteiger partial charge is 0.0372 e. The Morgan fingerprint density at radius 1 is 1.14 bits per heavy atom. The number of piperidine rings is 1. The van der Waals surface area contributed by atoms with Crippen LogP contribution in [0, 0.1) is 5.92 Å². The number of rotatable bonds is 5. The topological polar surface area (TPSA) is 29.3 Å². The highest BCUT2D eigenvalue weighted by atomic mass is 15.2. The first-order valence-electron chi connectivity index (χ1n) is 8.80. The molecule has 0 bridgehead atoms. The molecule has 0 aromatic heterocycles. The van der Waals surface area contributed by atoms with E-state index in [1.807, 2.05) is 0 Å². The molecule has 2 fully saturated rings. The second-order valence-corrected chi connectivity index (χ2v) is 7.04. The number of hydrogen-bond donors (Lipinski definition) is 1. The molecule has 21 heavy (non-hydrogen) atoms. The molecule has 0 amide bonds. The van der Waals surface area contributed by atoms with Gasteiger partial charge >= 0.3 is 0 Å². The number of nitrogens with two attached hydrogens (primary N) is 1. The molecule has 1 aliphatic carbocycles. The van der Waals surface area contributed by atoms with Crippen LogP contribution in [0.15, 0.2) is 30.3 Å². The van der Waals surface area contributed by atoms with Crippen molar-refractivity contribution in [2.45, 2.75) is 63.5 Å². The molecule has 2 N–H and O–H groups in total. The van der Waals surface area contributed by atoms with Crippen LogP contribution in [0.3, 0.4) is 0 Å². The number of hydrogen-bond acceptors (Lipinski definition) is 2. The molecule has 2 nitrogen and oxygen atoms in total. The lowest BCUT2D eigenvalue weighted by atomic mass is 9.80. The Morgan fingerprint density at radius 2 is 1.90 bits per heavy atom. The largest absolute Gasteiger partial charge is 0.329 e. The molecule has 1 saturated heterocycles. The van der Waals surface area contributed by atoms with Crippen LogP contribution in [0.2, 0.25) is 0 Å². The van der Waals surface area contributed by atoms with Gasteiger partial charge in [-0.05, 0) is 56.6 Å². The summed E-state index contributed by atoms with van der Waals surface area (Å²) in [5, 5.41) is 0. The zero-order valence-electron chi connectivity index (χ0n) is 13.4. The summed E-state index contributed by atoms with van der Waals surface area (Å²) < 4.78 is 0. The van der Waals surface area contributed by atoms with Crippen molar-refractivity contribution < 1.29 is 0 Å². The lowest BCUT2D eigenvalue weighted by molar-refractivity contribution is 0.000626. The fourth-order valence-corrected chi connectivity index (χ4v) is 4.78. The zero-order chi connectivity index (χ0) is 14.7. The molecule has 3 rings (SSSR count). The van der Waals surface area contributed by atoms with Crippen molar-refractivity contribution in [1.82, 2.24) is 4.90 Å². The predicted octanol–water partition coefficient (Wildman–Crippen LogP) is 3.60. The van der Waals surface area contributed by atoms with E-state index >= 15 is 0 Å². The first-order chi connectivity index (χ1) is 10.3. The molecule has 2 aliphatic rings. The van der Waals surface area contributed by atoms with Crippen molar-refractivity contribution in [2.24, 2.45) is 11.7 Å². The Kier molecular flexibility index (Phi) is 4.66. The third-order valence-corrected chi connectivity index (χ3v) is 6.02. The molecule has 1 heterocycles. The van der Waals surface area contributed by atoms with Gasteiger partial charge in [0.15, 0.2) is 0 Å².